The third kappa shape index (κ3) is 3.55. The van der Waals surface area contributed by atoms with Crippen LogP contribution in [0.3, 0.4) is 0 Å². The molecule has 3 fully saturated rings. The lowest BCUT2D eigenvalue weighted by atomic mass is 9.49. The minimum absolute atomic E-state index is 0.00750. The van der Waals surface area contributed by atoms with Gasteiger partial charge < -0.3 is 9.64 Å². The molecule has 3 aromatic heterocycles. The van der Waals surface area contributed by atoms with Crippen molar-refractivity contribution in [1.29, 1.82) is 0 Å². The Morgan fingerprint density at radius 3 is 2.52 bits per heavy atom. The summed E-state index contributed by atoms with van der Waals surface area (Å²) in [4.78, 5) is 21.3. The Hall–Kier alpha value is -2.75. The summed E-state index contributed by atoms with van der Waals surface area (Å²) < 4.78 is 34.8. The minimum Gasteiger partial charge on any atom is -0.370 e. The van der Waals surface area contributed by atoms with E-state index in [1.807, 2.05) is 33.3 Å². The van der Waals surface area contributed by atoms with Gasteiger partial charge in [-0.25, -0.2) is 23.7 Å². The fourth-order valence-electron chi connectivity index (χ4n) is 5.70. The zero-order valence-electron chi connectivity index (χ0n) is 19.1. The van der Waals surface area contributed by atoms with E-state index in [-0.39, 0.29) is 30.3 Å². The van der Waals surface area contributed by atoms with Gasteiger partial charge in [0, 0.05) is 44.1 Å². The molecule has 3 aromatic rings. The SMILES string of the molecule is Cc1nc2nc(N3CCOC(c4cnn(C)c4)C3)nc(C3CC4(C3)CC(F)(F)C4)c2nc1C. The summed E-state index contributed by atoms with van der Waals surface area (Å²) >= 11 is 0. The van der Waals surface area contributed by atoms with Crippen molar-refractivity contribution in [2.75, 3.05) is 24.6 Å². The van der Waals surface area contributed by atoms with Crippen molar-refractivity contribution in [3.05, 3.63) is 35.0 Å². The van der Waals surface area contributed by atoms with Crippen LogP contribution < -0.4 is 4.90 Å². The Morgan fingerprint density at radius 1 is 1.06 bits per heavy atom. The molecule has 1 aliphatic heterocycles. The summed E-state index contributed by atoms with van der Waals surface area (Å²) in [6.07, 6.45) is 5.10. The molecule has 1 unspecified atom stereocenters. The molecule has 10 heteroatoms. The lowest BCUT2D eigenvalue weighted by Crippen LogP contribution is -2.53. The number of hydrogen-bond donors (Lipinski definition) is 0. The normalized spacial score (nSPS) is 24.2. The fraction of sp³-hybridized carbons (Fsp3) is 0.609. The van der Waals surface area contributed by atoms with E-state index >= 15 is 0 Å². The second-order valence-electron chi connectivity index (χ2n) is 10.0. The van der Waals surface area contributed by atoms with Crippen molar-refractivity contribution < 1.29 is 13.5 Å². The average molecular weight is 456 g/mol. The third-order valence-corrected chi connectivity index (χ3v) is 7.42. The number of anilines is 1. The van der Waals surface area contributed by atoms with Crippen LogP contribution in [0.15, 0.2) is 12.4 Å². The third-order valence-electron chi connectivity index (χ3n) is 7.42. The van der Waals surface area contributed by atoms with Crippen LogP contribution in [-0.4, -0.2) is 55.3 Å². The summed E-state index contributed by atoms with van der Waals surface area (Å²) in [7, 11) is 1.88. The molecule has 0 bridgehead atoms. The van der Waals surface area contributed by atoms with Gasteiger partial charge in [-0.2, -0.15) is 10.1 Å². The van der Waals surface area contributed by atoms with Crippen LogP contribution in [0.25, 0.3) is 11.2 Å². The molecular weight excluding hydrogens is 428 g/mol. The summed E-state index contributed by atoms with van der Waals surface area (Å²) in [5.41, 5.74) is 4.57. The van der Waals surface area contributed by atoms with E-state index in [2.05, 4.69) is 10.00 Å². The number of hydrogen-bond acceptors (Lipinski definition) is 7. The van der Waals surface area contributed by atoms with Crippen molar-refractivity contribution in [3.8, 4) is 0 Å². The van der Waals surface area contributed by atoms with Crippen molar-refractivity contribution in [1.82, 2.24) is 29.7 Å². The van der Waals surface area contributed by atoms with Gasteiger partial charge in [-0.05, 0) is 32.1 Å². The molecule has 0 amide bonds. The Bertz CT molecular complexity index is 1230. The molecule has 33 heavy (non-hydrogen) atoms. The van der Waals surface area contributed by atoms with Gasteiger partial charge in [0.05, 0.1) is 36.4 Å². The van der Waals surface area contributed by atoms with Crippen LogP contribution in [0, 0.1) is 19.3 Å². The number of aromatic nitrogens is 6. The number of fused-ring (bicyclic) bond motifs is 1. The zero-order valence-corrected chi connectivity index (χ0v) is 19.1. The average Bonchev–Trinajstić information content (AvgIpc) is 3.17. The lowest BCUT2D eigenvalue weighted by molar-refractivity contribution is -0.196. The Balaban J connectivity index is 1.34. The fourth-order valence-corrected chi connectivity index (χ4v) is 5.70. The van der Waals surface area contributed by atoms with E-state index < -0.39 is 5.92 Å². The van der Waals surface area contributed by atoms with Gasteiger partial charge in [0.1, 0.15) is 11.6 Å². The predicted molar refractivity (Wildman–Crippen MR) is 117 cm³/mol. The first-order chi connectivity index (χ1) is 15.7. The molecule has 6 rings (SSSR count). The molecule has 1 saturated heterocycles. The second kappa shape index (κ2) is 7.12. The molecule has 1 spiro atoms. The van der Waals surface area contributed by atoms with Crippen molar-refractivity contribution >= 4 is 17.1 Å². The Labute approximate surface area is 190 Å². The minimum atomic E-state index is -2.51. The maximum absolute atomic E-state index is 13.5. The number of morpholine rings is 1. The quantitative estimate of drug-likeness (QED) is 0.596. The van der Waals surface area contributed by atoms with Crippen LogP contribution in [0.4, 0.5) is 14.7 Å². The molecule has 0 radical (unpaired) electrons. The number of alkyl halides is 2. The number of nitrogens with zero attached hydrogens (tertiary/aromatic N) is 7. The van der Waals surface area contributed by atoms with E-state index in [1.54, 1.807) is 4.68 Å². The van der Waals surface area contributed by atoms with Crippen LogP contribution in [0.1, 0.15) is 60.4 Å². The van der Waals surface area contributed by atoms with Gasteiger partial charge in [-0.15, -0.1) is 0 Å². The second-order valence-corrected chi connectivity index (χ2v) is 10.0. The van der Waals surface area contributed by atoms with E-state index in [0.717, 1.165) is 35.5 Å². The van der Waals surface area contributed by atoms with E-state index in [4.69, 9.17) is 24.7 Å². The van der Waals surface area contributed by atoms with Crippen molar-refractivity contribution in [3.63, 3.8) is 0 Å². The number of rotatable bonds is 3. The summed E-state index contributed by atoms with van der Waals surface area (Å²) in [5.74, 6) is -1.80. The molecule has 0 N–H and O–H groups in total. The predicted octanol–water partition coefficient (Wildman–Crippen LogP) is 3.64. The first-order valence-electron chi connectivity index (χ1n) is 11.5. The first-order valence-corrected chi connectivity index (χ1v) is 11.5. The Kier molecular flexibility index (Phi) is 4.50. The van der Waals surface area contributed by atoms with Gasteiger partial charge >= 0.3 is 0 Å². The zero-order chi connectivity index (χ0) is 23.0. The maximum atomic E-state index is 13.5. The molecule has 3 aliphatic rings. The van der Waals surface area contributed by atoms with Crippen molar-refractivity contribution in [2.45, 2.75) is 57.5 Å². The molecule has 0 aromatic carbocycles. The number of halogens is 2. The highest BCUT2D eigenvalue weighted by Crippen LogP contribution is 2.67. The highest BCUT2D eigenvalue weighted by Gasteiger charge is 2.62. The largest absolute Gasteiger partial charge is 0.370 e. The van der Waals surface area contributed by atoms with Gasteiger partial charge in [0.25, 0.3) is 0 Å². The topological polar surface area (TPSA) is 81.9 Å². The van der Waals surface area contributed by atoms with E-state index in [0.29, 0.717) is 36.8 Å². The summed E-state index contributed by atoms with van der Waals surface area (Å²) in [5, 5.41) is 4.26. The first kappa shape index (κ1) is 20.8. The van der Waals surface area contributed by atoms with Crippen LogP contribution in [0.2, 0.25) is 0 Å². The molecule has 2 aliphatic carbocycles. The van der Waals surface area contributed by atoms with Gasteiger partial charge in [0.15, 0.2) is 5.65 Å². The van der Waals surface area contributed by atoms with Gasteiger partial charge in [0.2, 0.25) is 11.9 Å². The number of aryl methyl sites for hydroxylation is 3. The lowest BCUT2D eigenvalue weighted by Gasteiger charge is -2.57. The number of ether oxygens (including phenoxy) is 1. The Morgan fingerprint density at radius 2 is 1.82 bits per heavy atom. The maximum Gasteiger partial charge on any atom is 0.249 e. The molecule has 1 atom stereocenters. The highest BCUT2D eigenvalue weighted by atomic mass is 19.3. The molecular formula is C23H27F2N7O. The summed E-state index contributed by atoms with van der Waals surface area (Å²) in [6, 6.07) is 0. The smallest absolute Gasteiger partial charge is 0.249 e. The molecule has 4 heterocycles. The van der Waals surface area contributed by atoms with Gasteiger partial charge in [-0.3, -0.25) is 4.68 Å². The van der Waals surface area contributed by atoms with E-state index in [1.165, 1.54) is 0 Å². The van der Waals surface area contributed by atoms with E-state index in [9.17, 15) is 8.78 Å². The van der Waals surface area contributed by atoms with Crippen LogP contribution >= 0.6 is 0 Å². The van der Waals surface area contributed by atoms with Gasteiger partial charge in [-0.1, -0.05) is 0 Å². The highest BCUT2D eigenvalue weighted by molar-refractivity contribution is 5.75. The van der Waals surface area contributed by atoms with Crippen LogP contribution in [0.5, 0.6) is 0 Å². The van der Waals surface area contributed by atoms with Crippen molar-refractivity contribution in [2.24, 2.45) is 12.5 Å². The molecule has 174 valence electrons. The molecule has 8 nitrogen and oxygen atoms in total. The standard InChI is InChI=1S/C23H27F2N7O/c1-13-14(2)28-20-19(27-13)18(15-6-22(7-15)11-23(24,25)12-22)29-21(30-20)32-4-5-33-17(10-32)16-8-26-31(3)9-16/h8-9,15,17H,4-7,10-12H2,1-3H3. The molecule has 2 saturated carbocycles. The monoisotopic (exact) mass is 455 g/mol. The summed E-state index contributed by atoms with van der Waals surface area (Å²) in [6.45, 7) is 5.67. The van der Waals surface area contributed by atoms with Crippen LogP contribution in [-0.2, 0) is 11.8 Å².